The van der Waals surface area contributed by atoms with Crippen LogP contribution < -0.4 is 0 Å². The first-order valence-corrected chi connectivity index (χ1v) is 6.08. The average Bonchev–Trinajstić information content (AvgIpc) is 2.17. The maximum atomic E-state index is 10.7. The largest absolute Gasteiger partial charge is 0.481 e. The molecule has 0 saturated carbocycles. The van der Waals surface area contributed by atoms with Crippen molar-refractivity contribution in [2.45, 2.75) is 47.0 Å². The first-order valence-electron chi connectivity index (χ1n) is 6.08. The van der Waals surface area contributed by atoms with Crippen LogP contribution in [0.1, 0.15) is 43.4 Å². The van der Waals surface area contributed by atoms with Crippen LogP contribution in [0.25, 0.3) is 0 Å². The van der Waals surface area contributed by atoms with Crippen LogP contribution in [0.3, 0.4) is 0 Å². The van der Waals surface area contributed by atoms with Crippen LogP contribution in [0, 0.1) is 19.3 Å². The average molecular weight is 234 g/mol. The molecule has 0 fully saturated rings. The third-order valence-corrected chi connectivity index (χ3v) is 3.21. The molecule has 0 saturated heterocycles. The van der Waals surface area contributed by atoms with E-state index < -0.39 is 5.97 Å². The standard InChI is InChI=1S/C15H22O2/c1-11-5-6-12(2)13(9-11)7-8-15(3,4)10-14(16)17/h5-6,9H,7-8,10H2,1-4H3,(H,16,17). The van der Waals surface area contributed by atoms with E-state index in [9.17, 15) is 4.79 Å². The van der Waals surface area contributed by atoms with E-state index in [1.165, 1.54) is 16.7 Å². The van der Waals surface area contributed by atoms with Crippen molar-refractivity contribution < 1.29 is 9.90 Å². The highest BCUT2D eigenvalue weighted by atomic mass is 16.4. The lowest BCUT2D eigenvalue weighted by molar-refractivity contribution is -0.139. The summed E-state index contributed by atoms with van der Waals surface area (Å²) in [7, 11) is 0. The summed E-state index contributed by atoms with van der Waals surface area (Å²) in [6, 6.07) is 6.45. The molecule has 0 bridgehead atoms. The number of benzene rings is 1. The van der Waals surface area contributed by atoms with Crippen LogP contribution in [0.15, 0.2) is 18.2 Å². The van der Waals surface area contributed by atoms with Crippen LogP contribution in [0.5, 0.6) is 0 Å². The molecule has 2 heteroatoms. The van der Waals surface area contributed by atoms with Gasteiger partial charge in [0.15, 0.2) is 0 Å². The molecule has 1 rings (SSSR count). The molecule has 0 aliphatic carbocycles. The summed E-state index contributed by atoms with van der Waals surface area (Å²) in [6.07, 6.45) is 2.09. The monoisotopic (exact) mass is 234 g/mol. The number of hydrogen-bond donors (Lipinski definition) is 1. The molecule has 0 atom stereocenters. The fourth-order valence-electron chi connectivity index (χ4n) is 2.04. The van der Waals surface area contributed by atoms with E-state index in [4.69, 9.17) is 5.11 Å². The fourth-order valence-corrected chi connectivity index (χ4v) is 2.04. The molecule has 0 spiro atoms. The number of carboxylic acids is 1. The Bertz CT molecular complexity index is 405. The molecular weight excluding hydrogens is 212 g/mol. The number of aryl methyl sites for hydroxylation is 3. The quantitative estimate of drug-likeness (QED) is 0.842. The molecule has 0 aliphatic heterocycles. The predicted octanol–water partition coefficient (Wildman–Crippen LogP) is 3.74. The number of carboxylic acid groups (broad SMARTS) is 1. The predicted molar refractivity (Wildman–Crippen MR) is 70.3 cm³/mol. The zero-order valence-corrected chi connectivity index (χ0v) is 11.2. The lowest BCUT2D eigenvalue weighted by Crippen LogP contribution is -2.17. The summed E-state index contributed by atoms with van der Waals surface area (Å²) in [5.41, 5.74) is 3.76. The summed E-state index contributed by atoms with van der Waals surface area (Å²) in [5.74, 6) is -0.712. The van der Waals surface area contributed by atoms with Crippen molar-refractivity contribution in [2.75, 3.05) is 0 Å². The normalized spacial score (nSPS) is 11.5. The van der Waals surface area contributed by atoms with Crippen LogP contribution in [-0.4, -0.2) is 11.1 Å². The summed E-state index contributed by atoms with van der Waals surface area (Å²) >= 11 is 0. The van der Waals surface area contributed by atoms with Crippen molar-refractivity contribution in [2.24, 2.45) is 5.41 Å². The van der Waals surface area contributed by atoms with Gasteiger partial charge in [-0.15, -0.1) is 0 Å². The van der Waals surface area contributed by atoms with Crippen LogP contribution >= 0.6 is 0 Å². The van der Waals surface area contributed by atoms with Gasteiger partial charge in [0, 0.05) is 0 Å². The van der Waals surface area contributed by atoms with Gasteiger partial charge in [-0.3, -0.25) is 4.79 Å². The summed E-state index contributed by atoms with van der Waals surface area (Å²) in [5, 5.41) is 8.85. The number of carbonyl (C=O) groups is 1. The van der Waals surface area contributed by atoms with E-state index in [0.717, 1.165) is 12.8 Å². The highest BCUT2D eigenvalue weighted by Crippen LogP contribution is 2.27. The summed E-state index contributed by atoms with van der Waals surface area (Å²) in [4.78, 5) is 10.7. The zero-order chi connectivity index (χ0) is 13.1. The lowest BCUT2D eigenvalue weighted by Gasteiger charge is -2.22. The third kappa shape index (κ3) is 4.59. The Kier molecular flexibility index (Phi) is 4.33. The molecule has 0 unspecified atom stereocenters. The van der Waals surface area contributed by atoms with Gasteiger partial charge in [0.1, 0.15) is 0 Å². The Morgan fingerprint density at radius 1 is 1.29 bits per heavy atom. The van der Waals surface area contributed by atoms with Crippen molar-refractivity contribution in [3.05, 3.63) is 34.9 Å². The van der Waals surface area contributed by atoms with E-state index in [1.54, 1.807) is 0 Å². The minimum Gasteiger partial charge on any atom is -0.481 e. The Morgan fingerprint density at radius 3 is 2.53 bits per heavy atom. The first kappa shape index (κ1) is 13.8. The molecule has 0 amide bonds. The van der Waals surface area contributed by atoms with Crippen molar-refractivity contribution >= 4 is 5.97 Å². The second-order valence-corrected chi connectivity index (χ2v) is 5.66. The van der Waals surface area contributed by atoms with Gasteiger partial charge < -0.3 is 5.11 Å². The Balaban J connectivity index is 2.66. The number of hydrogen-bond acceptors (Lipinski definition) is 1. The molecular formula is C15H22O2. The number of rotatable bonds is 5. The van der Waals surface area contributed by atoms with Crippen LogP contribution in [-0.2, 0) is 11.2 Å². The highest BCUT2D eigenvalue weighted by molar-refractivity contribution is 5.67. The van der Waals surface area contributed by atoms with E-state index in [1.807, 2.05) is 13.8 Å². The van der Waals surface area contributed by atoms with Gasteiger partial charge in [0.25, 0.3) is 0 Å². The Hall–Kier alpha value is -1.31. The molecule has 94 valence electrons. The van der Waals surface area contributed by atoms with Gasteiger partial charge in [-0.1, -0.05) is 37.6 Å². The smallest absolute Gasteiger partial charge is 0.303 e. The zero-order valence-electron chi connectivity index (χ0n) is 11.2. The third-order valence-electron chi connectivity index (χ3n) is 3.21. The van der Waals surface area contributed by atoms with Crippen molar-refractivity contribution in [1.82, 2.24) is 0 Å². The van der Waals surface area contributed by atoms with Gasteiger partial charge >= 0.3 is 5.97 Å². The van der Waals surface area contributed by atoms with Gasteiger partial charge in [0.05, 0.1) is 6.42 Å². The first-order chi connectivity index (χ1) is 7.80. The molecule has 0 heterocycles. The van der Waals surface area contributed by atoms with E-state index >= 15 is 0 Å². The van der Waals surface area contributed by atoms with E-state index in [0.29, 0.717) is 0 Å². The topological polar surface area (TPSA) is 37.3 Å². The van der Waals surface area contributed by atoms with E-state index in [-0.39, 0.29) is 11.8 Å². The van der Waals surface area contributed by atoms with Crippen molar-refractivity contribution in [3.63, 3.8) is 0 Å². The van der Waals surface area contributed by atoms with Crippen LogP contribution in [0.2, 0.25) is 0 Å². The lowest BCUT2D eigenvalue weighted by atomic mass is 9.82. The minimum absolute atomic E-state index is 0.137. The summed E-state index contributed by atoms with van der Waals surface area (Å²) in [6.45, 7) is 8.24. The molecule has 0 aromatic heterocycles. The molecule has 1 aromatic rings. The number of aliphatic carboxylic acids is 1. The minimum atomic E-state index is -0.712. The molecule has 1 aromatic carbocycles. The van der Waals surface area contributed by atoms with Crippen molar-refractivity contribution in [1.29, 1.82) is 0 Å². The maximum absolute atomic E-state index is 10.7. The highest BCUT2D eigenvalue weighted by Gasteiger charge is 2.21. The van der Waals surface area contributed by atoms with Gasteiger partial charge in [0.2, 0.25) is 0 Å². The molecule has 17 heavy (non-hydrogen) atoms. The van der Waals surface area contributed by atoms with E-state index in [2.05, 4.69) is 32.0 Å². The Labute approximate surface area is 104 Å². The molecule has 1 N–H and O–H groups in total. The molecule has 2 nitrogen and oxygen atoms in total. The van der Waals surface area contributed by atoms with Gasteiger partial charge in [-0.2, -0.15) is 0 Å². The van der Waals surface area contributed by atoms with Crippen LogP contribution in [0.4, 0.5) is 0 Å². The van der Waals surface area contributed by atoms with Crippen molar-refractivity contribution in [3.8, 4) is 0 Å². The van der Waals surface area contributed by atoms with Gasteiger partial charge in [-0.25, -0.2) is 0 Å². The maximum Gasteiger partial charge on any atom is 0.303 e. The SMILES string of the molecule is Cc1ccc(C)c(CCC(C)(C)CC(=O)O)c1. The Morgan fingerprint density at radius 2 is 1.94 bits per heavy atom. The fraction of sp³-hybridized carbons (Fsp3) is 0.533. The molecule has 0 radical (unpaired) electrons. The second kappa shape index (κ2) is 5.35. The molecule has 0 aliphatic rings. The summed E-state index contributed by atoms with van der Waals surface area (Å²) < 4.78 is 0. The van der Waals surface area contributed by atoms with Gasteiger partial charge in [-0.05, 0) is 43.2 Å². The second-order valence-electron chi connectivity index (χ2n) is 5.66.